The number of ether oxygens (including phenoxy) is 2. The van der Waals surface area contributed by atoms with E-state index in [1.165, 1.54) is 12.1 Å². The molecule has 0 saturated carbocycles. The van der Waals surface area contributed by atoms with Gasteiger partial charge in [0.05, 0.1) is 23.7 Å². The molecule has 1 rings (SSSR count). The Morgan fingerprint density at radius 2 is 2.10 bits per heavy atom. The first-order valence-corrected chi connectivity index (χ1v) is 7.04. The van der Waals surface area contributed by atoms with Crippen molar-refractivity contribution in [1.29, 1.82) is 0 Å². The number of methoxy groups -OCH3 is 2. The van der Waals surface area contributed by atoms with E-state index >= 15 is 0 Å². The molecular weight excluding hydrogens is 329 g/mol. The lowest BCUT2D eigenvalue weighted by molar-refractivity contribution is 0.0479. The van der Waals surface area contributed by atoms with Crippen molar-refractivity contribution >= 4 is 21.8 Å². The van der Waals surface area contributed by atoms with Gasteiger partial charge in [-0.05, 0) is 41.1 Å². The van der Waals surface area contributed by atoms with Gasteiger partial charge >= 0.3 is 0 Å². The van der Waals surface area contributed by atoms with Crippen molar-refractivity contribution < 1.29 is 18.7 Å². The molecule has 0 aromatic heterocycles. The molecule has 0 aliphatic heterocycles. The Morgan fingerprint density at radius 1 is 1.40 bits per heavy atom. The van der Waals surface area contributed by atoms with Gasteiger partial charge in [-0.1, -0.05) is 0 Å². The number of amides is 1. The van der Waals surface area contributed by atoms with Crippen LogP contribution in [0.1, 0.15) is 17.3 Å². The molecule has 0 spiro atoms. The highest BCUT2D eigenvalue weighted by Gasteiger charge is 2.22. The van der Waals surface area contributed by atoms with Crippen molar-refractivity contribution in [3.8, 4) is 0 Å². The summed E-state index contributed by atoms with van der Waals surface area (Å²) >= 11 is 3.07. The Labute approximate surface area is 127 Å². The van der Waals surface area contributed by atoms with Gasteiger partial charge in [0, 0.05) is 26.3 Å². The molecule has 0 radical (unpaired) electrons. The minimum Gasteiger partial charge on any atom is -0.383 e. The topological polar surface area (TPSA) is 38.8 Å². The van der Waals surface area contributed by atoms with E-state index in [4.69, 9.17) is 9.47 Å². The number of benzene rings is 1. The van der Waals surface area contributed by atoms with Crippen molar-refractivity contribution in [2.24, 2.45) is 0 Å². The molecular formula is C14H19BrFNO3. The molecule has 1 atom stereocenters. The molecule has 0 fully saturated rings. The van der Waals surface area contributed by atoms with Crippen LogP contribution in [0.25, 0.3) is 0 Å². The second-order valence-electron chi connectivity index (χ2n) is 4.42. The highest BCUT2D eigenvalue weighted by atomic mass is 79.9. The molecule has 20 heavy (non-hydrogen) atoms. The fourth-order valence-corrected chi connectivity index (χ4v) is 2.08. The van der Waals surface area contributed by atoms with Gasteiger partial charge < -0.3 is 14.4 Å². The summed E-state index contributed by atoms with van der Waals surface area (Å²) < 4.78 is 24.0. The van der Waals surface area contributed by atoms with Crippen molar-refractivity contribution in [3.63, 3.8) is 0 Å². The third-order valence-corrected chi connectivity index (χ3v) is 3.55. The van der Waals surface area contributed by atoms with E-state index in [9.17, 15) is 9.18 Å². The molecule has 1 aromatic rings. The van der Waals surface area contributed by atoms with Crippen LogP contribution in [0, 0.1) is 5.82 Å². The molecule has 0 aliphatic carbocycles. The summed E-state index contributed by atoms with van der Waals surface area (Å²) in [4.78, 5) is 14.1. The van der Waals surface area contributed by atoms with E-state index in [2.05, 4.69) is 15.9 Å². The quantitative estimate of drug-likeness (QED) is 0.761. The fraction of sp³-hybridized carbons (Fsp3) is 0.500. The molecule has 6 heteroatoms. The number of rotatable bonds is 7. The standard InChI is InChI=1S/C14H19BrFNO3/c1-10(9-20-3)17(6-7-19-2)14(18)11-4-5-12(15)13(16)8-11/h4-5,8,10H,6-7,9H2,1-3H3. The fourth-order valence-electron chi connectivity index (χ4n) is 1.84. The van der Waals surface area contributed by atoms with Gasteiger partial charge in [0.15, 0.2) is 0 Å². The minimum absolute atomic E-state index is 0.116. The first-order valence-electron chi connectivity index (χ1n) is 6.25. The summed E-state index contributed by atoms with van der Waals surface area (Å²) in [5.41, 5.74) is 0.310. The zero-order valence-electron chi connectivity index (χ0n) is 11.9. The highest BCUT2D eigenvalue weighted by Crippen LogP contribution is 2.18. The number of halogens is 2. The Hall–Kier alpha value is -0.980. The van der Waals surface area contributed by atoms with Crippen LogP contribution < -0.4 is 0 Å². The van der Waals surface area contributed by atoms with Crippen LogP contribution in [0.15, 0.2) is 22.7 Å². The summed E-state index contributed by atoms with van der Waals surface area (Å²) in [5.74, 6) is -0.695. The van der Waals surface area contributed by atoms with E-state index in [1.807, 2.05) is 6.92 Å². The van der Waals surface area contributed by atoms with Gasteiger partial charge in [-0.15, -0.1) is 0 Å². The van der Waals surface area contributed by atoms with Crippen molar-refractivity contribution in [1.82, 2.24) is 4.90 Å². The maximum absolute atomic E-state index is 13.5. The zero-order chi connectivity index (χ0) is 15.1. The van der Waals surface area contributed by atoms with Crippen molar-refractivity contribution in [3.05, 3.63) is 34.1 Å². The number of carbonyl (C=O) groups excluding carboxylic acids is 1. The highest BCUT2D eigenvalue weighted by molar-refractivity contribution is 9.10. The second kappa shape index (κ2) is 8.34. The average molecular weight is 348 g/mol. The smallest absolute Gasteiger partial charge is 0.254 e. The lowest BCUT2D eigenvalue weighted by Crippen LogP contribution is -2.43. The van der Waals surface area contributed by atoms with E-state index < -0.39 is 5.82 Å². The maximum atomic E-state index is 13.5. The van der Waals surface area contributed by atoms with Gasteiger partial charge in [0.2, 0.25) is 0 Å². The van der Waals surface area contributed by atoms with Crippen LogP contribution in [-0.4, -0.2) is 50.8 Å². The first kappa shape index (κ1) is 17.1. The second-order valence-corrected chi connectivity index (χ2v) is 5.28. The van der Waals surface area contributed by atoms with Crippen LogP contribution in [0.5, 0.6) is 0 Å². The lowest BCUT2D eigenvalue weighted by Gasteiger charge is -2.28. The predicted molar refractivity (Wildman–Crippen MR) is 78.4 cm³/mol. The predicted octanol–water partition coefficient (Wildman–Crippen LogP) is 2.71. The van der Waals surface area contributed by atoms with Gasteiger partial charge in [0.1, 0.15) is 5.82 Å². The minimum atomic E-state index is -0.457. The van der Waals surface area contributed by atoms with Gasteiger partial charge in [0.25, 0.3) is 5.91 Å². The monoisotopic (exact) mass is 347 g/mol. The largest absolute Gasteiger partial charge is 0.383 e. The van der Waals surface area contributed by atoms with Gasteiger partial charge in [-0.25, -0.2) is 4.39 Å². The van der Waals surface area contributed by atoms with Crippen LogP contribution in [-0.2, 0) is 9.47 Å². The molecule has 1 amide bonds. The molecule has 0 heterocycles. The number of hydrogen-bond acceptors (Lipinski definition) is 3. The maximum Gasteiger partial charge on any atom is 0.254 e. The third-order valence-electron chi connectivity index (χ3n) is 2.90. The van der Waals surface area contributed by atoms with Crippen molar-refractivity contribution in [2.75, 3.05) is 34.0 Å². The van der Waals surface area contributed by atoms with Crippen LogP contribution >= 0.6 is 15.9 Å². The molecule has 0 aliphatic rings. The van der Waals surface area contributed by atoms with Crippen LogP contribution in [0.3, 0.4) is 0 Å². The van der Waals surface area contributed by atoms with Gasteiger partial charge in [-0.3, -0.25) is 4.79 Å². The van der Waals surface area contributed by atoms with Crippen molar-refractivity contribution in [2.45, 2.75) is 13.0 Å². The Bertz CT molecular complexity index is 456. The third kappa shape index (κ3) is 4.54. The van der Waals surface area contributed by atoms with E-state index in [1.54, 1.807) is 25.2 Å². The van der Waals surface area contributed by atoms with E-state index in [0.717, 1.165) is 0 Å². The number of nitrogens with zero attached hydrogens (tertiary/aromatic N) is 1. The summed E-state index contributed by atoms with van der Waals surface area (Å²) in [7, 11) is 3.15. The SMILES string of the molecule is COCCN(C(=O)c1ccc(Br)c(F)c1)C(C)COC. The Morgan fingerprint density at radius 3 is 2.65 bits per heavy atom. The molecule has 112 valence electrons. The Kier molecular flexibility index (Phi) is 7.12. The molecule has 0 N–H and O–H groups in total. The van der Waals surface area contributed by atoms with Crippen LogP contribution in [0.4, 0.5) is 4.39 Å². The van der Waals surface area contributed by atoms with E-state index in [-0.39, 0.29) is 11.9 Å². The molecule has 0 saturated heterocycles. The molecule has 1 unspecified atom stereocenters. The summed E-state index contributed by atoms with van der Waals surface area (Å²) in [6, 6.07) is 4.23. The van der Waals surface area contributed by atoms with E-state index in [0.29, 0.717) is 29.8 Å². The number of carbonyl (C=O) groups is 1. The first-order chi connectivity index (χ1) is 9.51. The number of hydrogen-bond donors (Lipinski definition) is 0. The summed E-state index contributed by atoms with van der Waals surface area (Å²) in [6.45, 7) is 3.14. The molecule has 0 bridgehead atoms. The molecule has 4 nitrogen and oxygen atoms in total. The normalized spacial score (nSPS) is 12.2. The van der Waals surface area contributed by atoms with Crippen LogP contribution in [0.2, 0.25) is 0 Å². The lowest BCUT2D eigenvalue weighted by atomic mass is 10.1. The summed E-state index contributed by atoms with van der Waals surface area (Å²) in [5, 5.41) is 0. The average Bonchev–Trinajstić information content (AvgIpc) is 2.42. The summed E-state index contributed by atoms with van der Waals surface area (Å²) in [6.07, 6.45) is 0. The zero-order valence-corrected chi connectivity index (χ0v) is 13.4. The molecule has 1 aromatic carbocycles. The Balaban J connectivity index is 2.93. The van der Waals surface area contributed by atoms with Gasteiger partial charge in [-0.2, -0.15) is 0 Å².